The highest BCUT2D eigenvalue weighted by Gasteiger charge is 2.43. The number of carbonyl (C=O) groups excluding carboxylic acids is 2. The number of fused-ring (bicyclic) bond motifs is 1. The van der Waals surface area contributed by atoms with E-state index in [0.717, 1.165) is 0 Å². The van der Waals surface area contributed by atoms with Gasteiger partial charge in [-0.15, -0.1) is 0 Å². The van der Waals surface area contributed by atoms with Crippen molar-refractivity contribution < 1.29 is 14.3 Å². The van der Waals surface area contributed by atoms with Gasteiger partial charge in [0.15, 0.2) is 5.78 Å². The smallest absolute Gasteiger partial charge is 0.253 e. The number of hydrogen-bond acceptors (Lipinski definition) is 3. The fraction of sp³-hybridized carbons (Fsp3) is 0.300. The molecule has 1 spiro atoms. The second-order valence-corrected chi connectivity index (χ2v) is 8.20. The molecule has 0 radical (unpaired) electrons. The lowest BCUT2D eigenvalue weighted by Crippen LogP contribution is -2.52. The molecule has 0 atom stereocenters. The van der Waals surface area contributed by atoms with Crippen LogP contribution >= 0.6 is 34.8 Å². The molecule has 2 aliphatic heterocycles. The van der Waals surface area contributed by atoms with Crippen molar-refractivity contribution in [2.24, 2.45) is 0 Å². The zero-order valence-corrected chi connectivity index (χ0v) is 16.6. The maximum atomic E-state index is 12.7. The first-order valence-corrected chi connectivity index (χ1v) is 9.76. The number of likely N-dealkylation sites (tertiary alicyclic amines) is 1. The Labute approximate surface area is 172 Å². The lowest BCUT2D eigenvalue weighted by atomic mass is 9.82. The number of amides is 1. The number of benzene rings is 2. The van der Waals surface area contributed by atoms with Crippen LogP contribution in [0.3, 0.4) is 0 Å². The van der Waals surface area contributed by atoms with E-state index in [1.807, 2.05) is 0 Å². The first-order valence-electron chi connectivity index (χ1n) is 8.63. The number of hydrogen-bond donors (Lipinski definition) is 0. The Bertz CT molecular complexity index is 936. The highest BCUT2D eigenvalue weighted by Crippen LogP contribution is 2.40. The summed E-state index contributed by atoms with van der Waals surface area (Å²) in [6.45, 7) is 1.02. The molecular weight excluding hydrogens is 409 g/mol. The number of carbonyl (C=O) groups is 2. The molecule has 2 aliphatic rings. The minimum Gasteiger partial charge on any atom is -0.486 e. The predicted molar refractivity (Wildman–Crippen MR) is 105 cm³/mol. The van der Waals surface area contributed by atoms with E-state index in [-0.39, 0.29) is 11.7 Å². The van der Waals surface area contributed by atoms with E-state index in [9.17, 15) is 9.59 Å². The summed E-state index contributed by atoms with van der Waals surface area (Å²) in [5, 5.41) is 1.29. The Morgan fingerprint density at radius 3 is 2.44 bits per heavy atom. The summed E-state index contributed by atoms with van der Waals surface area (Å²) in [5.41, 5.74) is 0.468. The largest absolute Gasteiger partial charge is 0.486 e. The third-order valence-corrected chi connectivity index (χ3v) is 6.15. The number of Topliss-reactive ketones (excluding diaryl/α,β-unsaturated/α-hetero) is 1. The van der Waals surface area contributed by atoms with Gasteiger partial charge in [-0.2, -0.15) is 0 Å². The monoisotopic (exact) mass is 423 g/mol. The molecule has 140 valence electrons. The van der Waals surface area contributed by atoms with Gasteiger partial charge in [0.05, 0.1) is 22.0 Å². The second-order valence-electron chi connectivity index (χ2n) is 6.95. The number of ketones is 1. The summed E-state index contributed by atoms with van der Waals surface area (Å²) in [6.07, 6.45) is 1.48. The van der Waals surface area contributed by atoms with E-state index >= 15 is 0 Å². The summed E-state index contributed by atoms with van der Waals surface area (Å²) >= 11 is 17.9. The highest BCUT2D eigenvalue weighted by molar-refractivity contribution is 6.42. The Kier molecular flexibility index (Phi) is 4.83. The number of halogens is 3. The molecule has 2 aromatic rings. The van der Waals surface area contributed by atoms with Crippen LogP contribution in [0, 0.1) is 0 Å². The molecule has 1 saturated heterocycles. The van der Waals surface area contributed by atoms with Gasteiger partial charge in [0.1, 0.15) is 11.4 Å². The first kappa shape index (κ1) is 18.6. The average molecular weight is 425 g/mol. The average Bonchev–Trinajstić information content (AvgIpc) is 2.65. The van der Waals surface area contributed by atoms with Crippen molar-refractivity contribution >= 4 is 46.5 Å². The van der Waals surface area contributed by atoms with Gasteiger partial charge < -0.3 is 9.64 Å². The molecule has 0 saturated carbocycles. The van der Waals surface area contributed by atoms with Gasteiger partial charge in [0, 0.05) is 36.5 Å². The standard InChI is InChI=1S/C20H16Cl3NO3/c21-13-2-4-18-14(10-13)17(25)11-20(27-18)5-7-24(8-6-20)19(26)12-1-3-15(22)16(23)9-12/h1-4,9-10H,5-8,11H2. The molecule has 7 heteroatoms. The van der Waals surface area contributed by atoms with E-state index in [1.165, 1.54) is 0 Å². The van der Waals surface area contributed by atoms with Crippen molar-refractivity contribution in [2.75, 3.05) is 13.1 Å². The Morgan fingerprint density at radius 2 is 1.74 bits per heavy atom. The Balaban J connectivity index is 1.49. The van der Waals surface area contributed by atoms with Gasteiger partial charge in [-0.05, 0) is 36.4 Å². The third kappa shape index (κ3) is 3.54. The molecule has 2 heterocycles. The molecule has 0 aromatic heterocycles. The summed E-state index contributed by atoms with van der Waals surface area (Å²) in [6, 6.07) is 9.97. The molecule has 1 fully saturated rings. The lowest BCUT2D eigenvalue weighted by Gasteiger charge is -2.44. The molecule has 0 aliphatic carbocycles. The van der Waals surface area contributed by atoms with Crippen LogP contribution in [-0.2, 0) is 0 Å². The fourth-order valence-corrected chi connectivity index (χ4v) is 4.14. The summed E-state index contributed by atoms with van der Waals surface area (Å²) < 4.78 is 6.20. The van der Waals surface area contributed by atoms with Gasteiger partial charge in [-0.1, -0.05) is 34.8 Å². The van der Waals surface area contributed by atoms with Crippen LogP contribution in [0.1, 0.15) is 40.0 Å². The van der Waals surface area contributed by atoms with Gasteiger partial charge in [-0.3, -0.25) is 9.59 Å². The Morgan fingerprint density at radius 1 is 1.00 bits per heavy atom. The minimum atomic E-state index is -0.563. The summed E-state index contributed by atoms with van der Waals surface area (Å²) in [5.74, 6) is 0.501. The van der Waals surface area contributed by atoms with E-state index in [1.54, 1.807) is 41.3 Å². The number of ether oxygens (including phenoxy) is 1. The molecule has 2 aromatic carbocycles. The molecule has 0 bridgehead atoms. The number of piperidine rings is 1. The number of nitrogens with zero attached hydrogens (tertiary/aromatic N) is 1. The maximum absolute atomic E-state index is 12.7. The first-order chi connectivity index (χ1) is 12.9. The molecule has 27 heavy (non-hydrogen) atoms. The van der Waals surface area contributed by atoms with Gasteiger partial charge in [0.2, 0.25) is 0 Å². The fourth-order valence-electron chi connectivity index (χ4n) is 3.67. The van der Waals surface area contributed by atoms with Crippen LogP contribution in [0.15, 0.2) is 36.4 Å². The van der Waals surface area contributed by atoms with Crippen molar-refractivity contribution in [2.45, 2.75) is 24.9 Å². The van der Waals surface area contributed by atoms with Crippen LogP contribution in [0.2, 0.25) is 15.1 Å². The molecule has 0 N–H and O–H groups in total. The van der Waals surface area contributed by atoms with E-state index in [4.69, 9.17) is 39.5 Å². The van der Waals surface area contributed by atoms with Crippen molar-refractivity contribution in [3.8, 4) is 5.75 Å². The van der Waals surface area contributed by atoms with E-state index < -0.39 is 5.60 Å². The predicted octanol–water partition coefficient (Wildman–Crippen LogP) is 5.29. The van der Waals surface area contributed by atoms with Crippen LogP contribution < -0.4 is 4.74 Å². The van der Waals surface area contributed by atoms with Crippen LogP contribution in [0.4, 0.5) is 0 Å². The van der Waals surface area contributed by atoms with Gasteiger partial charge in [0.25, 0.3) is 5.91 Å². The minimum absolute atomic E-state index is 0.0306. The summed E-state index contributed by atoms with van der Waals surface area (Å²) in [7, 11) is 0. The lowest BCUT2D eigenvalue weighted by molar-refractivity contribution is -0.00570. The van der Waals surface area contributed by atoms with Crippen molar-refractivity contribution in [1.29, 1.82) is 0 Å². The highest BCUT2D eigenvalue weighted by atomic mass is 35.5. The summed E-state index contributed by atoms with van der Waals surface area (Å²) in [4.78, 5) is 27.1. The van der Waals surface area contributed by atoms with Crippen molar-refractivity contribution in [3.05, 3.63) is 62.6 Å². The molecule has 1 amide bonds. The molecule has 4 rings (SSSR count). The van der Waals surface area contributed by atoms with Crippen molar-refractivity contribution in [1.82, 2.24) is 4.90 Å². The van der Waals surface area contributed by atoms with Crippen molar-refractivity contribution in [3.63, 3.8) is 0 Å². The zero-order chi connectivity index (χ0) is 19.2. The van der Waals surface area contributed by atoms with Crippen LogP contribution in [0.5, 0.6) is 5.75 Å². The van der Waals surface area contributed by atoms with Crippen LogP contribution in [0.25, 0.3) is 0 Å². The van der Waals surface area contributed by atoms with Gasteiger partial charge in [-0.25, -0.2) is 0 Å². The van der Waals surface area contributed by atoms with Gasteiger partial charge >= 0.3 is 0 Å². The second kappa shape index (κ2) is 7.01. The SMILES string of the molecule is O=C1CC2(CCN(C(=O)c3ccc(Cl)c(Cl)c3)CC2)Oc2ccc(Cl)cc21. The van der Waals surface area contributed by atoms with Crippen LogP contribution in [-0.4, -0.2) is 35.3 Å². The van der Waals surface area contributed by atoms with E-state index in [2.05, 4.69) is 0 Å². The molecule has 0 unspecified atom stereocenters. The molecule has 4 nitrogen and oxygen atoms in total. The normalized spacial score (nSPS) is 18.2. The third-order valence-electron chi connectivity index (χ3n) is 5.18. The maximum Gasteiger partial charge on any atom is 0.253 e. The number of rotatable bonds is 1. The topological polar surface area (TPSA) is 46.6 Å². The molecular formula is C20H16Cl3NO3. The van der Waals surface area contributed by atoms with E-state index in [0.29, 0.717) is 64.3 Å². The quantitative estimate of drug-likeness (QED) is 0.625. The Hall–Kier alpha value is -1.75. The zero-order valence-electron chi connectivity index (χ0n) is 14.3.